The number of hydrogen-bond donors (Lipinski definition) is 1. The van der Waals surface area contributed by atoms with Crippen LogP contribution in [0, 0.1) is 6.92 Å². The number of esters is 1. The molecule has 7 nitrogen and oxygen atoms in total. The number of benzene rings is 3. The summed E-state index contributed by atoms with van der Waals surface area (Å²) in [5, 5.41) is 4.34. The normalized spacial score (nSPS) is 10.6. The van der Waals surface area contributed by atoms with Crippen molar-refractivity contribution in [2.75, 3.05) is 33.0 Å². The molecule has 0 radical (unpaired) electrons. The Bertz CT molecular complexity index is 1160. The zero-order valence-electron chi connectivity index (χ0n) is 20.2. The summed E-state index contributed by atoms with van der Waals surface area (Å²) in [4.78, 5) is 23.7. The Morgan fingerprint density at radius 3 is 2.37 bits per heavy atom. The van der Waals surface area contributed by atoms with Crippen molar-refractivity contribution in [2.24, 2.45) is 0 Å². The highest BCUT2D eigenvalue weighted by atomic mass is 16.6. The maximum Gasteiger partial charge on any atom is 0.412 e. The van der Waals surface area contributed by atoms with Gasteiger partial charge in [-0.3, -0.25) is 0 Å². The highest BCUT2D eigenvalue weighted by Gasteiger charge is 2.15. The van der Waals surface area contributed by atoms with Gasteiger partial charge in [0.05, 0.1) is 19.8 Å². The van der Waals surface area contributed by atoms with Gasteiger partial charge in [0.1, 0.15) is 18.1 Å². The molecule has 0 saturated carbocycles. The van der Waals surface area contributed by atoms with Gasteiger partial charge in [-0.15, -0.1) is 0 Å². The van der Waals surface area contributed by atoms with E-state index in [2.05, 4.69) is 24.0 Å². The largest absolute Gasteiger partial charge is 0.493 e. The second kappa shape index (κ2) is 13.2. The minimum atomic E-state index is -0.576. The average molecular weight is 478 g/mol. The summed E-state index contributed by atoms with van der Waals surface area (Å²) in [5.41, 5.74) is 2.34. The van der Waals surface area contributed by atoms with Crippen LogP contribution in [0.1, 0.15) is 18.1 Å². The fourth-order valence-electron chi connectivity index (χ4n) is 3.40. The molecule has 0 bridgehead atoms. The van der Waals surface area contributed by atoms with Gasteiger partial charge >= 0.3 is 12.1 Å². The Morgan fingerprint density at radius 2 is 1.63 bits per heavy atom. The number of carbonyl (C=O) groups excluding carboxylic acids is 2. The van der Waals surface area contributed by atoms with Gasteiger partial charge in [0.2, 0.25) is 0 Å². The van der Waals surface area contributed by atoms with E-state index in [1.54, 1.807) is 6.92 Å². The van der Waals surface area contributed by atoms with Crippen LogP contribution in [-0.2, 0) is 20.7 Å². The number of aryl methyl sites for hydroxylation is 1. The van der Waals surface area contributed by atoms with E-state index in [9.17, 15) is 9.59 Å². The standard InChI is InChI=1S/C28H31NO6/c1-20(2)27(30)34-18-17-32-16-14-29-28(31)35-26-21(3)19-25(23-11-7-8-12-24(23)26)33-15-13-22-9-5-4-6-10-22/h4-12,19H,1,13-18H2,2-3H3,(H,29,31). The minimum absolute atomic E-state index is 0.126. The van der Waals surface area contributed by atoms with Gasteiger partial charge < -0.3 is 24.3 Å². The molecule has 1 N–H and O–H groups in total. The van der Waals surface area contributed by atoms with Crippen LogP contribution in [-0.4, -0.2) is 45.0 Å². The first kappa shape index (κ1) is 25.8. The van der Waals surface area contributed by atoms with Crippen molar-refractivity contribution >= 4 is 22.8 Å². The van der Waals surface area contributed by atoms with Gasteiger partial charge in [-0.2, -0.15) is 0 Å². The van der Waals surface area contributed by atoms with Crippen molar-refractivity contribution in [3.05, 3.63) is 83.9 Å². The lowest BCUT2D eigenvalue weighted by Gasteiger charge is -2.16. The molecule has 0 heterocycles. The summed E-state index contributed by atoms with van der Waals surface area (Å²) in [7, 11) is 0. The third-order valence-electron chi connectivity index (χ3n) is 5.15. The second-order valence-corrected chi connectivity index (χ2v) is 8.00. The fraction of sp³-hybridized carbons (Fsp3) is 0.286. The van der Waals surface area contributed by atoms with Crippen molar-refractivity contribution in [3.8, 4) is 11.5 Å². The van der Waals surface area contributed by atoms with Crippen molar-refractivity contribution in [1.82, 2.24) is 5.32 Å². The Balaban J connectivity index is 1.52. The van der Waals surface area contributed by atoms with Crippen LogP contribution < -0.4 is 14.8 Å². The Kier molecular flexibility index (Phi) is 9.69. The first-order valence-electron chi connectivity index (χ1n) is 11.5. The van der Waals surface area contributed by atoms with Crippen LogP contribution in [0.2, 0.25) is 0 Å². The molecule has 0 aromatic heterocycles. The van der Waals surface area contributed by atoms with Gasteiger partial charge in [-0.1, -0.05) is 61.2 Å². The number of nitrogens with one attached hydrogen (secondary N) is 1. The molecule has 3 aromatic carbocycles. The topological polar surface area (TPSA) is 83.1 Å². The molecule has 184 valence electrons. The van der Waals surface area contributed by atoms with Gasteiger partial charge in [0.15, 0.2) is 0 Å². The summed E-state index contributed by atoms with van der Waals surface area (Å²) in [6.45, 7) is 8.38. The summed E-state index contributed by atoms with van der Waals surface area (Å²) in [6, 6.07) is 19.7. The number of rotatable bonds is 12. The van der Waals surface area contributed by atoms with Crippen LogP contribution in [0.25, 0.3) is 10.8 Å². The first-order chi connectivity index (χ1) is 17.0. The van der Waals surface area contributed by atoms with Crippen molar-refractivity contribution < 1.29 is 28.5 Å². The molecule has 0 unspecified atom stereocenters. The number of fused-ring (bicyclic) bond motifs is 1. The van der Waals surface area contributed by atoms with Gasteiger partial charge in [-0.25, -0.2) is 9.59 Å². The molecule has 0 fully saturated rings. The number of carbonyl (C=O) groups is 2. The number of ether oxygens (including phenoxy) is 4. The molecule has 0 saturated heterocycles. The Hall–Kier alpha value is -3.84. The number of hydrogen-bond acceptors (Lipinski definition) is 6. The van der Waals surface area contributed by atoms with Crippen molar-refractivity contribution in [2.45, 2.75) is 20.3 Å². The van der Waals surface area contributed by atoms with E-state index in [-0.39, 0.29) is 26.4 Å². The maximum atomic E-state index is 12.4. The van der Waals surface area contributed by atoms with Gasteiger partial charge in [-0.05, 0) is 31.0 Å². The van der Waals surface area contributed by atoms with E-state index in [0.29, 0.717) is 17.9 Å². The lowest BCUT2D eigenvalue weighted by Crippen LogP contribution is -2.30. The molecular formula is C28H31NO6. The van der Waals surface area contributed by atoms with E-state index in [0.717, 1.165) is 28.5 Å². The monoisotopic (exact) mass is 477 g/mol. The average Bonchev–Trinajstić information content (AvgIpc) is 2.86. The van der Waals surface area contributed by atoms with E-state index in [1.807, 2.05) is 55.5 Å². The van der Waals surface area contributed by atoms with Gasteiger partial charge in [0.25, 0.3) is 0 Å². The zero-order valence-corrected chi connectivity index (χ0v) is 20.2. The molecular weight excluding hydrogens is 446 g/mol. The first-order valence-corrected chi connectivity index (χ1v) is 11.5. The summed E-state index contributed by atoms with van der Waals surface area (Å²) in [6.07, 6.45) is 0.223. The zero-order chi connectivity index (χ0) is 25.0. The molecule has 1 amide bonds. The SMILES string of the molecule is C=C(C)C(=O)OCCOCCNC(=O)Oc1c(C)cc(OCCc2ccccc2)c2ccccc12. The number of amides is 1. The third-order valence-corrected chi connectivity index (χ3v) is 5.15. The predicted molar refractivity (Wildman–Crippen MR) is 135 cm³/mol. The molecule has 3 aromatic rings. The Morgan fingerprint density at radius 1 is 0.914 bits per heavy atom. The fourth-order valence-corrected chi connectivity index (χ4v) is 3.40. The molecule has 0 atom stereocenters. The van der Waals surface area contributed by atoms with Gasteiger partial charge in [0, 0.05) is 29.3 Å². The lowest BCUT2D eigenvalue weighted by atomic mass is 10.0. The van der Waals surface area contributed by atoms with E-state index in [1.165, 1.54) is 5.56 Å². The molecule has 35 heavy (non-hydrogen) atoms. The molecule has 3 rings (SSSR count). The van der Waals surface area contributed by atoms with Crippen LogP contribution in [0.3, 0.4) is 0 Å². The van der Waals surface area contributed by atoms with E-state index < -0.39 is 12.1 Å². The summed E-state index contributed by atoms with van der Waals surface area (Å²) in [5.74, 6) is 0.786. The molecule has 0 aliphatic heterocycles. The minimum Gasteiger partial charge on any atom is -0.493 e. The Labute approximate surface area is 205 Å². The highest BCUT2D eigenvalue weighted by molar-refractivity contribution is 5.96. The quantitative estimate of drug-likeness (QED) is 0.225. The van der Waals surface area contributed by atoms with Crippen LogP contribution in [0.15, 0.2) is 72.8 Å². The third kappa shape index (κ3) is 7.86. The van der Waals surface area contributed by atoms with Crippen LogP contribution >= 0.6 is 0 Å². The molecule has 0 spiro atoms. The smallest absolute Gasteiger partial charge is 0.412 e. The molecule has 0 aliphatic rings. The van der Waals surface area contributed by atoms with E-state index in [4.69, 9.17) is 18.9 Å². The summed E-state index contributed by atoms with van der Waals surface area (Å²) >= 11 is 0. The lowest BCUT2D eigenvalue weighted by molar-refractivity contribution is -0.140. The van der Waals surface area contributed by atoms with E-state index >= 15 is 0 Å². The summed E-state index contributed by atoms with van der Waals surface area (Å²) < 4.78 is 22.0. The van der Waals surface area contributed by atoms with Crippen molar-refractivity contribution in [1.29, 1.82) is 0 Å². The predicted octanol–water partition coefficient (Wildman–Crippen LogP) is 4.99. The van der Waals surface area contributed by atoms with Crippen molar-refractivity contribution in [3.63, 3.8) is 0 Å². The van der Waals surface area contributed by atoms with Crippen LogP contribution in [0.5, 0.6) is 11.5 Å². The second-order valence-electron chi connectivity index (χ2n) is 8.00. The molecule has 0 aliphatic carbocycles. The van der Waals surface area contributed by atoms with Crippen LogP contribution in [0.4, 0.5) is 4.79 Å². The molecule has 7 heteroatoms. The highest BCUT2D eigenvalue weighted by Crippen LogP contribution is 2.36. The maximum absolute atomic E-state index is 12.4.